The summed E-state index contributed by atoms with van der Waals surface area (Å²) < 4.78 is 2.12. The summed E-state index contributed by atoms with van der Waals surface area (Å²) in [5.41, 5.74) is 2.50. The normalized spacial score (nSPS) is 16.6. The molecule has 3 heteroatoms. The van der Waals surface area contributed by atoms with Gasteiger partial charge in [0.15, 0.2) is 0 Å². The fourth-order valence-electron chi connectivity index (χ4n) is 3.15. The highest BCUT2D eigenvalue weighted by Gasteiger charge is 2.19. The minimum Gasteiger partial charge on any atom is -0.351 e. The van der Waals surface area contributed by atoms with E-state index in [9.17, 15) is 4.79 Å². The highest BCUT2D eigenvalue weighted by Crippen LogP contribution is 2.19. The van der Waals surface area contributed by atoms with Gasteiger partial charge in [-0.25, -0.2) is 0 Å². The maximum absolute atomic E-state index is 12.3. The second kappa shape index (κ2) is 5.92. The predicted octanol–water partition coefficient (Wildman–Crippen LogP) is 3.37. The molecule has 2 heterocycles. The quantitative estimate of drug-likeness (QED) is 0.848. The summed E-state index contributed by atoms with van der Waals surface area (Å²) in [4.78, 5) is 14.3. The molecular formula is C18H24N2O. The summed E-state index contributed by atoms with van der Waals surface area (Å²) in [6.45, 7) is 4.16. The van der Waals surface area contributed by atoms with Crippen LogP contribution in [0.1, 0.15) is 31.7 Å². The van der Waals surface area contributed by atoms with Gasteiger partial charge in [-0.3, -0.25) is 4.79 Å². The molecule has 1 aliphatic rings. The van der Waals surface area contributed by atoms with E-state index in [1.54, 1.807) is 0 Å². The fourth-order valence-corrected chi connectivity index (χ4v) is 3.15. The van der Waals surface area contributed by atoms with Crippen molar-refractivity contribution in [1.29, 1.82) is 0 Å². The summed E-state index contributed by atoms with van der Waals surface area (Å²) >= 11 is 0. The molecule has 1 saturated heterocycles. The van der Waals surface area contributed by atoms with Crippen molar-refractivity contribution in [2.45, 2.75) is 32.6 Å². The third-order valence-electron chi connectivity index (χ3n) is 4.71. The van der Waals surface area contributed by atoms with Crippen LogP contribution in [0.25, 0.3) is 10.9 Å². The number of amides is 1. The van der Waals surface area contributed by atoms with E-state index in [0.29, 0.717) is 12.3 Å². The van der Waals surface area contributed by atoms with Gasteiger partial charge in [-0.05, 0) is 54.3 Å². The second-order valence-corrected chi connectivity index (χ2v) is 6.38. The number of benzene rings is 1. The number of fused-ring (bicyclic) bond motifs is 1. The van der Waals surface area contributed by atoms with Crippen LogP contribution >= 0.6 is 0 Å². The van der Waals surface area contributed by atoms with E-state index in [0.717, 1.165) is 38.3 Å². The summed E-state index contributed by atoms with van der Waals surface area (Å²) in [5, 5.41) is 1.26. The Kier molecular flexibility index (Phi) is 4.00. The number of piperidine rings is 1. The molecule has 1 fully saturated rings. The Bertz CT molecular complexity index is 636. The first-order chi connectivity index (χ1) is 10.1. The van der Waals surface area contributed by atoms with E-state index < -0.39 is 0 Å². The molecule has 0 saturated carbocycles. The van der Waals surface area contributed by atoms with E-state index in [1.807, 2.05) is 4.90 Å². The number of hydrogen-bond acceptors (Lipinski definition) is 1. The Morgan fingerprint density at radius 3 is 2.76 bits per heavy atom. The minimum atomic E-state index is 0.315. The molecule has 3 rings (SSSR count). The van der Waals surface area contributed by atoms with Gasteiger partial charge < -0.3 is 9.47 Å². The molecule has 2 aromatic rings. The van der Waals surface area contributed by atoms with Crippen molar-refractivity contribution in [3.05, 3.63) is 36.0 Å². The first-order valence-corrected chi connectivity index (χ1v) is 7.95. The van der Waals surface area contributed by atoms with E-state index >= 15 is 0 Å². The lowest BCUT2D eigenvalue weighted by atomic mass is 9.98. The number of carbonyl (C=O) groups excluding carboxylic acids is 1. The summed E-state index contributed by atoms with van der Waals surface area (Å²) in [7, 11) is 2.06. The van der Waals surface area contributed by atoms with Gasteiger partial charge in [-0.2, -0.15) is 0 Å². The Labute approximate surface area is 126 Å². The zero-order chi connectivity index (χ0) is 14.8. The molecule has 0 aliphatic carbocycles. The van der Waals surface area contributed by atoms with Gasteiger partial charge in [0.05, 0.1) is 0 Å². The standard InChI is InChI=1S/C18H24N2O/c1-14-7-11-20(12-8-14)18(21)6-4-15-3-5-17-16(13-15)9-10-19(17)2/h3,5,9-10,13-14H,4,6-8,11-12H2,1-2H3. The average molecular weight is 284 g/mol. The monoisotopic (exact) mass is 284 g/mol. The number of hydrogen-bond donors (Lipinski definition) is 0. The van der Waals surface area contributed by atoms with Crippen LogP contribution in [0.4, 0.5) is 0 Å². The Hall–Kier alpha value is -1.77. The van der Waals surface area contributed by atoms with Gasteiger partial charge in [0, 0.05) is 38.3 Å². The SMILES string of the molecule is CC1CCN(C(=O)CCc2ccc3c(ccn3C)c2)CC1. The number of likely N-dealkylation sites (tertiary alicyclic amines) is 1. The van der Waals surface area contributed by atoms with Gasteiger partial charge in [0.1, 0.15) is 0 Å². The van der Waals surface area contributed by atoms with Crippen LogP contribution in [-0.4, -0.2) is 28.5 Å². The van der Waals surface area contributed by atoms with Gasteiger partial charge in [0.2, 0.25) is 5.91 Å². The smallest absolute Gasteiger partial charge is 0.222 e. The number of rotatable bonds is 3. The average Bonchev–Trinajstić information content (AvgIpc) is 2.86. The molecule has 1 aliphatic heterocycles. The Balaban J connectivity index is 1.59. The number of nitrogens with zero attached hydrogens (tertiary/aromatic N) is 2. The lowest BCUT2D eigenvalue weighted by Gasteiger charge is -2.30. The van der Waals surface area contributed by atoms with Gasteiger partial charge in [-0.15, -0.1) is 0 Å². The summed E-state index contributed by atoms with van der Waals surface area (Å²) in [6, 6.07) is 8.64. The molecule has 112 valence electrons. The fraction of sp³-hybridized carbons (Fsp3) is 0.500. The van der Waals surface area contributed by atoms with Crippen LogP contribution in [-0.2, 0) is 18.3 Å². The van der Waals surface area contributed by atoms with Crippen molar-refractivity contribution in [2.75, 3.05) is 13.1 Å². The van der Waals surface area contributed by atoms with Crippen molar-refractivity contribution >= 4 is 16.8 Å². The lowest BCUT2D eigenvalue weighted by molar-refractivity contribution is -0.132. The van der Waals surface area contributed by atoms with Gasteiger partial charge in [-0.1, -0.05) is 13.0 Å². The van der Waals surface area contributed by atoms with E-state index in [2.05, 4.69) is 49.0 Å². The number of carbonyl (C=O) groups is 1. The Morgan fingerprint density at radius 2 is 2.00 bits per heavy atom. The largest absolute Gasteiger partial charge is 0.351 e. The second-order valence-electron chi connectivity index (χ2n) is 6.38. The lowest BCUT2D eigenvalue weighted by Crippen LogP contribution is -2.37. The molecule has 1 amide bonds. The highest BCUT2D eigenvalue weighted by molar-refractivity contribution is 5.81. The van der Waals surface area contributed by atoms with Crippen LogP contribution in [0, 0.1) is 5.92 Å². The first kappa shape index (κ1) is 14.2. The molecule has 21 heavy (non-hydrogen) atoms. The molecule has 0 atom stereocenters. The molecule has 0 radical (unpaired) electrons. The zero-order valence-corrected chi connectivity index (χ0v) is 13.0. The first-order valence-electron chi connectivity index (χ1n) is 7.95. The van der Waals surface area contributed by atoms with Crippen molar-refractivity contribution in [1.82, 2.24) is 9.47 Å². The number of aromatic nitrogens is 1. The molecule has 0 spiro atoms. The van der Waals surface area contributed by atoms with E-state index in [4.69, 9.17) is 0 Å². The predicted molar refractivity (Wildman–Crippen MR) is 86.2 cm³/mol. The molecule has 0 unspecified atom stereocenters. The van der Waals surface area contributed by atoms with Crippen LogP contribution in [0.5, 0.6) is 0 Å². The summed E-state index contributed by atoms with van der Waals surface area (Å²) in [5.74, 6) is 1.09. The molecule has 1 aromatic heterocycles. The minimum absolute atomic E-state index is 0.315. The summed E-state index contributed by atoms with van der Waals surface area (Å²) in [6.07, 6.45) is 5.86. The zero-order valence-electron chi connectivity index (χ0n) is 13.0. The topological polar surface area (TPSA) is 25.2 Å². The maximum atomic E-state index is 12.3. The van der Waals surface area contributed by atoms with Crippen molar-refractivity contribution in [3.63, 3.8) is 0 Å². The molecule has 0 N–H and O–H groups in total. The highest BCUT2D eigenvalue weighted by atomic mass is 16.2. The van der Waals surface area contributed by atoms with Crippen LogP contribution in [0.3, 0.4) is 0 Å². The van der Waals surface area contributed by atoms with Gasteiger partial charge in [0.25, 0.3) is 0 Å². The van der Waals surface area contributed by atoms with Crippen LogP contribution < -0.4 is 0 Å². The van der Waals surface area contributed by atoms with Crippen molar-refractivity contribution < 1.29 is 4.79 Å². The van der Waals surface area contributed by atoms with Gasteiger partial charge >= 0.3 is 0 Å². The number of aryl methyl sites for hydroxylation is 2. The maximum Gasteiger partial charge on any atom is 0.222 e. The Morgan fingerprint density at radius 1 is 1.24 bits per heavy atom. The van der Waals surface area contributed by atoms with Crippen molar-refractivity contribution in [3.8, 4) is 0 Å². The third kappa shape index (κ3) is 3.12. The third-order valence-corrected chi connectivity index (χ3v) is 4.71. The molecule has 0 bridgehead atoms. The van der Waals surface area contributed by atoms with Crippen molar-refractivity contribution in [2.24, 2.45) is 13.0 Å². The van der Waals surface area contributed by atoms with E-state index in [-0.39, 0.29) is 0 Å². The molecule has 3 nitrogen and oxygen atoms in total. The van der Waals surface area contributed by atoms with Crippen LogP contribution in [0.2, 0.25) is 0 Å². The van der Waals surface area contributed by atoms with E-state index in [1.165, 1.54) is 16.5 Å². The van der Waals surface area contributed by atoms with Crippen LogP contribution in [0.15, 0.2) is 30.5 Å². The molecular weight excluding hydrogens is 260 g/mol. The molecule has 1 aromatic carbocycles.